The van der Waals surface area contributed by atoms with Crippen LogP contribution in [-0.4, -0.2) is 36.1 Å². The van der Waals surface area contributed by atoms with Crippen LogP contribution in [0.4, 0.5) is 0 Å². The molecule has 0 spiro atoms. The molecule has 2 aromatic rings. The highest BCUT2D eigenvalue weighted by atomic mass is 16.5. The molecule has 0 saturated carbocycles. The highest BCUT2D eigenvalue weighted by molar-refractivity contribution is 5.89. The average molecular weight is 289 g/mol. The third-order valence-electron chi connectivity index (χ3n) is 3.52. The van der Waals surface area contributed by atoms with Crippen LogP contribution in [0.25, 0.3) is 10.8 Å². The first-order valence-electron chi connectivity index (χ1n) is 7.34. The predicted molar refractivity (Wildman–Crippen MR) is 84.6 cm³/mol. The van der Waals surface area contributed by atoms with Gasteiger partial charge in [-0.1, -0.05) is 43.3 Å². The van der Waals surface area contributed by atoms with Gasteiger partial charge in [-0.25, -0.2) is 0 Å². The molecule has 4 nitrogen and oxygen atoms in total. The topological polar surface area (TPSA) is 61.7 Å². The quantitative estimate of drug-likeness (QED) is 0.731. The molecule has 0 aromatic heterocycles. The van der Waals surface area contributed by atoms with Gasteiger partial charge in [0, 0.05) is 17.0 Å². The Morgan fingerprint density at radius 1 is 1.19 bits per heavy atom. The molecule has 0 fully saturated rings. The van der Waals surface area contributed by atoms with Crippen molar-refractivity contribution in [1.82, 2.24) is 5.32 Å². The lowest BCUT2D eigenvalue weighted by molar-refractivity contribution is 0.0536. The Bertz CT molecular complexity index is 585. The average Bonchev–Trinajstić information content (AvgIpc) is 2.52. The van der Waals surface area contributed by atoms with Gasteiger partial charge in [-0.3, -0.25) is 0 Å². The second kappa shape index (κ2) is 7.41. The Hall–Kier alpha value is -1.62. The largest absolute Gasteiger partial charge is 0.490 e. The van der Waals surface area contributed by atoms with Gasteiger partial charge in [-0.2, -0.15) is 0 Å². The third kappa shape index (κ3) is 3.73. The number of hydrogen-bond acceptors (Lipinski definition) is 4. The van der Waals surface area contributed by atoms with Gasteiger partial charge in [-0.05, 0) is 18.9 Å². The first kappa shape index (κ1) is 15.8. The summed E-state index contributed by atoms with van der Waals surface area (Å²) < 4.78 is 5.82. The second-order valence-electron chi connectivity index (χ2n) is 5.13. The summed E-state index contributed by atoms with van der Waals surface area (Å²) in [6.45, 7) is 4.79. The second-order valence-corrected chi connectivity index (χ2v) is 5.13. The van der Waals surface area contributed by atoms with Crippen LogP contribution in [-0.2, 0) is 0 Å². The van der Waals surface area contributed by atoms with Crippen LogP contribution < -0.4 is 10.1 Å². The molecule has 0 heterocycles. The Balaban J connectivity index is 2.41. The minimum absolute atomic E-state index is 0.0797. The highest BCUT2D eigenvalue weighted by Gasteiger charge is 2.15. The molecule has 2 unspecified atom stereocenters. The number of benzene rings is 2. The highest BCUT2D eigenvalue weighted by Crippen LogP contribution is 2.33. The molecule has 0 aliphatic heterocycles. The van der Waals surface area contributed by atoms with E-state index in [1.807, 2.05) is 24.3 Å². The number of nitrogens with one attached hydrogen (secondary N) is 1. The SMILES string of the molecule is CCNC(C)c1ccc2ccccc2c1OCC(O)CO. The molecule has 0 saturated heterocycles. The molecule has 2 atom stereocenters. The third-order valence-corrected chi connectivity index (χ3v) is 3.52. The minimum Gasteiger partial charge on any atom is -0.490 e. The zero-order chi connectivity index (χ0) is 15.2. The molecular formula is C17H23NO3. The van der Waals surface area contributed by atoms with E-state index in [0.717, 1.165) is 28.6 Å². The number of hydrogen-bond donors (Lipinski definition) is 3. The van der Waals surface area contributed by atoms with Crippen LogP contribution in [0, 0.1) is 0 Å². The summed E-state index contributed by atoms with van der Waals surface area (Å²) in [7, 11) is 0. The number of aliphatic hydroxyl groups excluding tert-OH is 2. The van der Waals surface area contributed by atoms with Crippen LogP contribution in [0.2, 0.25) is 0 Å². The Morgan fingerprint density at radius 3 is 2.67 bits per heavy atom. The van der Waals surface area contributed by atoms with E-state index in [1.54, 1.807) is 0 Å². The van der Waals surface area contributed by atoms with E-state index in [1.165, 1.54) is 0 Å². The number of rotatable bonds is 7. The molecule has 2 rings (SSSR count). The molecule has 0 aliphatic rings. The molecule has 0 amide bonds. The van der Waals surface area contributed by atoms with Gasteiger partial charge in [0.25, 0.3) is 0 Å². The van der Waals surface area contributed by atoms with E-state index in [0.29, 0.717) is 0 Å². The summed E-state index contributed by atoms with van der Waals surface area (Å²) in [5, 5.41) is 24.0. The van der Waals surface area contributed by atoms with E-state index >= 15 is 0 Å². The molecule has 21 heavy (non-hydrogen) atoms. The molecule has 3 N–H and O–H groups in total. The lowest BCUT2D eigenvalue weighted by atomic mass is 10.0. The molecule has 0 aliphatic carbocycles. The summed E-state index contributed by atoms with van der Waals surface area (Å²) in [5.41, 5.74) is 1.06. The predicted octanol–water partition coefficient (Wildman–Crippen LogP) is 2.24. The van der Waals surface area contributed by atoms with Crippen molar-refractivity contribution in [1.29, 1.82) is 0 Å². The fourth-order valence-electron chi connectivity index (χ4n) is 2.41. The molecule has 0 radical (unpaired) electrons. The van der Waals surface area contributed by atoms with Crippen molar-refractivity contribution in [3.8, 4) is 5.75 Å². The van der Waals surface area contributed by atoms with Crippen LogP contribution >= 0.6 is 0 Å². The van der Waals surface area contributed by atoms with Crippen LogP contribution in [0.5, 0.6) is 5.75 Å². The summed E-state index contributed by atoms with van der Waals surface area (Å²) >= 11 is 0. The fraction of sp³-hybridized carbons (Fsp3) is 0.412. The van der Waals surface area contributed by atoms with Crippen molar-refractivity contribution in [2.75, 3.05) is 19.8 Å². The van der Waals surface area contributed by atoms with Crippen LogP contribution in [0.1, 0.15) is 25.5 Å². The van der Waals surface area contributed by atoms with Crippen molar-refractivity contribution in [3.05, 3.63) is 42.0 Å². The van der Waals surface area contributed by atoms with Gasteiger partial charge in [-0.15, -0.1) is 0 Å². The van der Waals surface area contributed by atoms with Gasteiger partial charge in [0.05, 0.1) is 6.61 Å². The summed E-state index contributed by atoms with van der Waals surface area (Å²) in [4.78, 5) is 0. The lowest BCUT2D eigenvalue weighted by Crippen LogP contribution is -2.23. The van der Waals surface area contributed by atoms with Crippen molar-refractivity contribution < 1.29 is 14.9 Å². The smallest absolute Gasteiger partial charge is 0.132 e. The van der Waals surface area contributed by atoms with Crippen molar-refractivity contribution >= 4 is 10.8 Å². The fourth-order valence-corrected chi connectivity index (χ4v) is 2.41. The zero-order valence-corrected chi connectivity index (χ0v) is 12.5. The van der Waals surface area contributed by atoms with E-state index in [2.05, 4.69) is 31.3 Å². The Kier molecular flexibility index (Phi) is 5.56. The minimum atomic E-state index is -0.869. The molecule has 2 aromatic carbocycles. The summed E-state index contributed by atoms with van der Waals surface area (Å²) in [6.07, 6.45) is -0.869. The first-order chi connectivity index (χ1) is 10.2. The molecule has 114 valence electrons. The number of aliphatic hydroxyl groups is 2. The number of fused-ring (bicyclic) bond motifs is 1. The van der Waals surface area contributed by atoms with Crippen molar-refractivity contribution in [3.63, 3.8) is 0 Å². The Morgan fingerprint density at radius 2 is 1.95 bits per heavy atom. The van der Waals surface area contributed by atoms with E-state index in [-0.39, 0.29) is 19.3 Å². The molecule has 0 bridgehead atoms. The summed E-state index contributed by atoms with van der Waals surface area (Å²) in [6, 6.07) is 12.3. The van der Waals surface area contributed by atoms with Crippen LogP contribution in [0.15, 0.2) is 36.4 Å². The van der Waals surface area contributed by atoms with Gasteiger partial charge >= 0.3 is 0 Å². The van der Waals surface area contributed by atoms with E-state index in [4.69, 9.17) is 9.84 Å². The van der Waals surface area contributed by atoms with Crippen molar-refractivity contribution in [2.45, 2.75) is 26.0 Å². The van der Waals surface area contributed by atoms with E-state index in [9.17, 15) is 5.11 Å². The lowest BCUT2D eigenvalue weighted by Gasteiger charge is -2.20. The summed E-state index contributed by atoms with van der Waals surface area (Å²) in [5.74, 6) is 0.772. The van der Waals surface area contributed by atoms with Crippen molar-refractivity contribution in [2.24, 2.45) is 0 Å². The maximum Gasteiger partial charge on any atom is 0.132 e. The van der Waals surface area contributed by atoms with Gasteiger partial charge in [0.15, 0.2) is 0 Å². The molecular weight excluding hydrogens is 266 g/mol. The Labute approximate surface area is 125 Å². The number of ether oxygens (including phenoxy) is 1. The van der Waals surface area contributed by atoms with Gasteiger partial charge < -0.3 is 20.3 Å². The van der Waals surface area contributed by atoms with Gasteiger partial charge in [0.1, 0.15) is 18.5 Å². The van der Waals surface area contributed by atoms with Gasteiger partial charge in [0.2, 0.25) is 0 Å². The molecule has 4 heteroatoms. The zero-order valence-electron chi connectivity index (χ0n) is 12.5. The monoisotopic (exact) mass is 289 g/mol. The first-order valence-corrected chi connectivity index (χ1v) is 7.34. The maximum atomic E-state index is 9.53. The normalized spacial score (nSPS) is 14.1. The van der Waals surface area contributed by atoms with E-state index < -0.39 is 6.10 Å². The van der Waals surface area contributed by atoms with Crippen LogP contribution in [0.3, 0.4) is 0 Å². The standard InChI is InChI=1S/C17H23NO3/c1-3-18-12(2)15-9-8-13-6-4-5-7-16(13)17(15)21-11-14(20)10-19/h4-9,12,14,18-20H,3,10-11H2,1-2H3. The maximum absolute atomic E-state index is 9.53.